The second-order valence-corrected chi connectivity index (χ2v) is 5.01. The summed E-state index contributed by atoms with van der Waals surface area (Å²) in [5.41, 5.74) is -1.06. The highest BCUT2D eigenvalue weighted by atomic mass is 16.5. The first-order chi connectivity index (χ1) is 10.4. The van der Waals surface area contributed by atoms with Crippen LogP contribution in [0, 0.1) is 0 Å². The minimum atomic E-state index is -1.70. The standard InChI is InChI=1S/C15H19N3O4/c1-4-18-10-7-5-6-8-11(10)22-15(2,14(18)21)13(20)17-9-12(19)16-3/h5-8H,4,9H2,1-3H3,(H,16,19)(H,17,20). The zero-order valence-electron chi connectivity index (χ0n) is 12.8. The van der Waals surface area contributed by atoms with Crippen LogP contribution in [0.5, 0.6) is 5.75 Å². The molecule has 0 saturated heterocycles. The fourth-order valence-corrected chi connectivity index (χ4v) is 2.27. The number of ether oxygens (including phenoxy) is 1. The van der Waals surface area contributed by atoms with Crippen LogP contribution in [0.4, 0.5) is 5.69 Å². The Kier molecular flexibility index (Phi) is 4.35. The largest absolute Gasteiger partial charge is 0.466 e. The maximum Gasteiger partial charge on any atom is 0.280 e. The molecule has 0 saturated carbocycles. The Balaban J connectivity index is 2.29. The van der Waals surface area contributed by atoms with Crippen LogP contribution in [0.2, 0.25) is 0 Å². The molecular weight excluding hydrogens is 286 g/mol. The number of para-hydroxylation sites is 2. The first-order valence-electron chi connectivity index (χ1n) is 7.03. The topological polar surface area (TPSA) is 87.7 Å². The van der Waals surface area contributed by atoms with E-state index >= 15 is 0 Å². The molecule has 7 nitrogen and oxygen atoms in total. The van der Waals surface area contributed by atoms with Crippen LogP contribution in [-0.4, -0.2) is 43.5 Å². The van der Waals surface area contributed by atoms with Crippen molar-refractivity contribution in [1.82, 2.24) is 10.6 Å². The highest BCUT2D eigenvalue weighted by molar-refractivity contribution is 6.16. The van der Waals surface area contributed by atoms with Gasteiger partial charge in [-0.25, -0.2) is 0 Å². The number of hydrogen-bond donors (Lipinski definition) is 2. The van der Waals surface area contributed by atoms with Crippen molar-refractivity contribution in [3.8, 4) is 5.75 Å². The van der Waals surface area contributed by atoms with Gasteiger partial charge in [0.25, 0.3) is 17.4 Å². The molecule has 22 heavy (non-hydrogen) atoms. The van der Waals surface area contributed by atoms with E-state index in [1.165, 1.54) is 18.9 Å². The minimum Gasteiger partial charge on any atom is -0.466 e. The van der Waals surface area contributed by atoms with Gasteiger partial charge >= 0.3 is 0 Å². The number of fused-ring (bicyclic) bond motifs is 1. The summed E-state index contributed by atoms with van der Waals surface area (Å²) in [6, 6.07) is 7.03. The molecule has 7 heteroatoms. The molecule has 1 atom stereocenters. The van der Waals surface area contributed by atoms with Gasteiger partial charge in [0.05, 0.1) is 12.2 Å². The van der Waals surface area contributed by atoms with Gasteiger partial charge < -0.3 is 20.3 Å². The molecule has 0 bridgehead atoms. The second kappa shape index (κ2) is 6.05. The van der Waals surface area contributed by atoms with E-state index in [-0.39, 0.29) is 12.5 Å². The van der Waals surface area contributed by atoms with Crippen LogP contribution in [0.3, 0.4) is 0 Å². The van der Waals surface area contributed by atoms with Gasteiger partial charge in [-0.15, -0.1) is 0 Å². The molecular formula is C15H19N3O4. The first-order valence-corrected chi connectivity index (χ1v) is 7.03. The van der Waals surface area contributed by atoms with Gasteiger partial charge in [0.15, 0.2) is 0 Å². The Hall–Kier alpha value is -2.57. The van der Waals surface area contributed by atoms with Crippen molar-refractivity contribution in [2.75, 3.05) is 25.0 Å². The lowest BCUT2D eigenvalue weighted by atomic mass is 10.00. The summed E-state index contributed by atoms with van der Waals surface area (Å²) in [6.07, 6.45) is 0. The van der Waals surface area contributed by atoms with Gasteiger partial charge in [-0.2, -0.15) is 0 Å². The van der Waals surface area contributed by atoms with Crippen molar-refractivity contribution < 1.29 is 19.1 Å². The fourth-order valence-electron chi connectivity index (χ4n) is 2.27. The van der Waals surface area contributed by atoms with Crippen LogP contribution in [0.25, 0.3) is 0 Å². The number of benzene rings is 1. The predicted molar refractivity (Wildman–Crippen MR) is 80.6 cm³/mol. The van der Waals surface area contributed by atoms with Gasteiger partial charge in [0.1, 0.15) is 5.75 Å². The van der Waals surface area contributed by atoms with Gasteiger partial charge in [0.2, 0.25) is 5.91 Å². The average molecular weight is 305 g/mol. The highest BCUT2D eigenvalue weighted by Gasteiger charge is 2.50. The number of carbonyl (C=O) groups excluding carboxylic acids is 3. The van der Waals surface area contributed by atoms with Crippen LogP contribution in [0.15, 0.2) is 24.3 Å². The third-order valence-electron chi connectivity index (χ3n) is 3.56. The van der Waals surface area contributed by atoms with E-state index in [4.69, 9.17) is 4.74 Å². The maximum atomic E-state index is 12.6. The number of nitrogens with zero attached hydrogens (tertiary/aromatic N) is 1. The Bertz CT molecular complexity index is 617. The smallest absolute Gasteiger partial charge is 0.280 e. The number of anilines is 1. The normalized spacial score (nSPS) is 20.0. The average Bonchev–Trinajstić information content (AvgIpc) is 2.53. The highest BCUT2D eigenvalue weighted by Crippen LogP contribution is 2.37. The first kappa shape index (κ1) is 15.8. The summed E-state index contributed by atoms with van der Waals surface area (Å²) in [6.45, 7) is 3.43. The molecule has 118 valence electrons. The summed E-state index contributed by atoms with van der Waals surface area (Å²) in [4.78, 5) is 37.7. The number of likely N-dealkylation sites (N-methyl/N-ethyl adjacent to an activating group) is 2. The number of amides is 3. The van der Waals surface area contributed by atoms with Gasteiger partial charge in [0, 0.05) is 13.6 Å². The van der Waals surface area contributed by atoms with Crippen molar-refractivity contribution in [3.05, 3.63) is 24.3 Å². The lowest BCUT2D eigenvalue weighted by molar-refractivity contribution is -0.149. The summed E-state index contributed by atoms with van der Waals surface area (Å²) in [5, 5.41) is 4.82. The summed E-state index contributed by atoms with van der Waals surface area (Å²) >= 11 is 0. The SMILES string of the molecule is CCN1C(=O)C(C)(C(=O)NCC(=O)NC)Oc2ccccc21. The number of carbonyl (C=O) groups is 3. The molecule has 0 radical (unpaired) electrons. The van der Waals surface area contributed by atoms with E-state index in [1.807, 2.05) is 6.92 Å². The Morgan fingerprint density at radius 2 is 2.00 bits per heavy atom. The molecule has 0 fully saturated rings. The zero-order valence-corrected chi connectivity index (χ0v) is 12.8. The lowest BCUT2D eigenvalue weighted by Crippen LogP contribution is -2.62. The van der Waals surface area contributed by atoms with Crippen molar-refractivity contribution in [2.24, 2.45) is 0 Å². The third-order valence-corrected chi connectivity index (χ3v) is 3.56. The van der Waals surface area contributed by atoms with E-state index in [1.54, 1.807) is 24.3 Å². The molecule has 1 heterocycles. The second-order valence-electron chi connectivity index (χ2n) is 5.01. The van der Waals surface area contributed by atoms with Crippen molar-refractivity contribution in [1.29, 1.82) is 0 Å². The summed E-state index contributed by atoms with van der Waals surface area (Å²) < 4.78 is 5.66. The molecule has 1 aliphatic heterocycles. The predicted octanol–water partition coefficient (Wildman–Crippen LogP) is 0.0528. The van der Waals surface area contributed by atoms with E-state index in [0.29, 0.717) is 18.0 Å². The summed E-state index contributed by atoms with van der Waals surface area (Å²) in [5.74, 6) is -0.994. The monoisotopic (exact) mass is 305 g/mol. The minimum absolute atomic E-state index is 0.213. The molecule has 1 aromatic carbocycles. The van der Waals surface area contributed by atoms with Crippen molar-refractivity contribution >= 4 is 23.4 Å². The Labute approximate surface area is 128 Å². The third kappa shape index (κ3) is 2.61. The number of nitrogens with one attached hydrogen (secondary N) is 2. The molecule has 1 unspecified atom stereocenters. The molecule has 2 rings (SSSR count). The number of hydrogen-bond acceptors (Lipinski definition) is 4. The van der Waals surface area contributed by atoms with Crippen LogP contribution in [0.1, 0.15) is 13.8 Å². The van der Waals surface area contributed by atoms with Crippen molar-refractivity contribution in [3.63, 3.8) is 0 Å². The number of rotatable bonds is 4. The molecule has 3 amide bonds. The van der Waals surface area contributed by atoms with Crippen LogP contribution >= 0.6 is 0 Å². The molecule has 1 aromatic rings. The van der Waals surface area contributed by atoms with E-state index < -0.39 is 17.4 Å². The lowest BCUT2D eigenvalue weighted by Gasteiger charge is -2.39. The molecule has 0 spiro atoms. The molecule has 2 N–H and O–H groups in total. The van der Waals surface area contributed by atoms with Crippen LogP contribution in [-0.2, 0) is 14.4 Å². The molecule has 0 aliphatic carbocycles. The summed E-state index contributed by atoms with van der Waals surface area (Å²) in [7, 11) is 1.47. The van der Waals surface area contributed by atoms with Crippen LogP contribution < -0.4 is 20.3 Å². The molecule has 0 aromatic heterocycles. The maximum absolute atomic E-state index is 12.6. The molecule has 1 aliphatic rings. The van der Waals surface area contributed by atoms with E-state index in [9.17, 15) is 14.4 Å². The zero-order chi connectivity index (χ0) is 16.3. The Morgan fingerprint density at radius 3 is 2.64 bits per heavy atom. The van der Waals surface area contributed by atoms with E-state index in [2.05, 4.69) is 10.6 Å². The quantitative estimate of drug-likeness (QED) is 0.770. The van der Waals surface area contributed by atoms with Crippen molar-refractivity contribution in [2.45, 2.75) is 19.4 Å². The Morgan fingerprint density at radius 1 is 1.32 bits per heavy atom. The van der Waals surface area contributed by atoms with Gasteiger partial charge in [-0.1, -0.05) is 12.1 Å². The fraction of sp³-hybridized carbons (Fsp3) is 0.400. The van der Waals surface area contributed by atoms with Gasteiger partial charge in [-0.05, 0) is 26.0 Å². The van der Waals surface area contributed by atoms with E-state index in [0.717, 1.165) is 0 Å². The van der Waals surface area contributed by atoms with Gasteiger partial charge in [-0.3, -0.25) is 14.4 Å².